The van der Waals surface area contributed by atoms with Gasteiger partial charge in [-0.25, -0.2) is 4.79 Å². The first-order valence-corrected chi connectivity index (χ1v) is 12.3. The van der Waals surface area contributed by atoms with Gasteiger partial charge < -0.3 is 24.3 Å². The number of nitrogens with one attached hydrogen (secondary N) is 1. The summed E-state index contributed by atoms with van der Waals surface area (Å²) in [6.45, 7) is 11.6. The summed E-state index contributed by atoms with van der Waals surface area (Å²) in [7, 11) is 1.88. The Morgan fingerprint density at radius 2 is 2.00 bits per heavy atom. The number of hydrogen-bond acceptors (Lipinski definition) is 8. The number of carbonyl (C=O) groups excluding carboxylic acids is 2. The molecule has 0 aromatic carbocycles. The lowest BCUT2D eigenvalue weighted by atomic mass is 9.90. The Hall–Kier alpha value is -2.62. The molecule has 1 unspecified atom stereocenters. The van der Waals surface area contributed by atoms with Crippen LogP contribution in [0.4, 0.5) is 10.8 Å². The number of thiophene rings is 1. The van der Waals surface area contributed by atoms with Crippen molar-refractivity contribution in [2.45, 2.75) is 65.5 Å². The van der Waals surface area contributed by atoms with Crippen LogP contribution in [0.15, 0.2) is 16.5 Å². The smallest absolute Gasteiger partial charge is 0.410 e. The standard InChI is InChI=1S/C23H35N5O4S/c1-7-27(6)21-26-25-20(31-21)17(24-19(29)18-9-8-15(2)33-18)14-16-10-12-28(13-11-16)22(30)32-23(3,4)5/h8-9,16-17H,7,10-14H2,1-6H3,(H,24,29). The van der Waals surface area contributed by atoms with Crippen LogP contribution in [0, 0.1) is 12.8 Å². The number of hydrogen-bond donors (Lipinski definition) is 1. The summed E-state index contributed by atoms with van der Waals surface area (Å²) in [5.74, 6) is 0.563. The summed E-state index contributed by atoms with van der Waals surface area (Å²) in [6.07, 6.45) is 2.03. The number of likely N-dealkylation sites (tertiary alicyclic amines) is 1. The van der Waals surface area contributed by atoms with Gasteiger partial charge >= 0.3 is 12.1 Å². The topological polar surface area (TPSA) is 101 Å². The molecule has 182 valence electrons. The molecule has 0 aliphatic carbocycles. The minimum atomic E-state index is -0.509. The summed E-state index contributed by atoms with van der Waals surface area (Å²) in [5, 5.41) is 11.5. The van der Waals surface area contributed by atoms with Crippen LogP contribution in [-0.2, 0) is 4.74 Å². The van der Waals surface area contributed by atoms with Gasteiger partial charge in [-0.05, 0) is 71.9 Å². The molecule has 33 heavy (non-hydrogen) atoms. The van der Waals surface area contributed by atoms with E-state index < -0.39 is 11.6 Å². The Kier molecular flexibility index (Phi) is 7.99. The van der Waals surface area contributed by atoms with Gasteiger partial charge in [0.15, 0.2) is 0 Å². The molecule has 0 bridgehead atoms. The molecular weight excluding hydrogens is 442 g/mol. The van der Waals surface area contributed by atoms with Crippen LogP contribution in [0.1, 0.15) is 73.4 Å². The molecular formula is C23H35N5O4S. The predicted molar refractivity (Wildman–Crippen MR) is 128 cm³/mol. The van der Waals surface area contributed by atoms with Gasteiger partial charge in [-0.1, -0.05) is 5.10 Å². The van der Waals surface area contributed by atoms with Crippen LogP contribution in [0.25, 0.3) is 0 Å². The number of amides is 2. The van der Waals surface area contributed by atoms with Gasteiger partial charge in [-0.3, -0.25) is 4.79 Å². The van der Waals surface area contributed by atoms with Gasteiger partial charge in [0, 0.05) is 31.6 Å². The van der Waals surface area contributed by atoms with Crippen molar-refractivity contribution in [2.75, 3.05) is 31.6 Å². The number of anilines is 1. The maximum atomic E-state index is 12.9. The van der Waals surface area contributed by atoms with E-state index in [0.717, 1.165) is 24.3 Å². The molecule has 0 saturated carbocycles. The first-order chi connectivity index (χ1) is 15.6. The zero-order chi connectivity index (χ0) is 24.2. The molecule has 1 aliphatic rings. The summed E-state index contributed by atoms with van der Waals surface area (Å²) >= 11 is 1.46. The molecule has 3 heterocycles. The van der Waals surface area contributed by atoms with Crippen molar-refractivity contribution in [2.24, 2.45) is 5.92 Å². The molecule has 2 amide bonds. The molecule has 2 aromatic rings. The van der Waals surface area contributed by atoms with Crippen LogP contribution >= 0.6 is 11.3 Å². The van der Waals surface area contributed by atoms with E-state index in [1.165, 1.54) is 11.3 Å². The van der Waals surface area contributed by atoms with Gasteiger partial charge in [0.05, 0.1) is 4.88 Å². The van der Waals surface area contributed by atoms with Crippen LogP contribution in [0.5, 0.6) is 0 Å². The molecule has 10 heteroatoms. The highest BCUT2D eigenvalue weighted by Gasteiger charge is 2.31. The summed E-state index contributed by atoms with van der Waals surface area (Å²) < 4.78 is 11.4. The molecule has 2 aromatic heterocycles. The molecule has 9 nitrogen and oxygen atoms in total. The normalized spacial score (nSPS) is 15.9. The van der Waals surface area contributed by atoms with Crippen LogP contribution in [0.2, 0.25) is 0 Å². The van der Waals surface area contributed by atoms with E-state index in [1.807, 2.05) is 58.7 Å². The lowest BCUT2D eigenvalue weighted by Gasteiger charge is -2.34. The Morgan fingerprint density at radius 3 is 2.58 bits per heavy atom. The maximum absolute atomic E-state index is 12.9. The lowest BCUT2D eigenvalue weighted by Crippen LogP contribution is -2.42. The van der Waals surface area contributed by atoms with Crippen molar-refractivity contribution >= 4 is 29.4 Å². The van der Waals surface area contributed by atoms with Crippen molar-refractivity contribution in [3.8, 4) is 0 Å². The highest BCUT2D eigenvalue weighted by atomic mass is 32.1. The van der Waals surface area contributed by atoms with Crippen molar-refractivity contribution in [3.63, 3.8) is 0 Å². The minimum absolute atomic E-state index is 0.145. The number of ether oxygens (including phenoxy) is 1. The Balaban J connectivity index is 1.67. The third kappa shape index (κ3) is 6.93. The van der Waals surface area contributed by atoms with E-state index in [0.29, 0.717) is 42.2 Å². The van der Waals surface area contributed by atoms with Crippen molar-refractivity contribution in [3.05, 3.63) is 27.8 Å². The number of aromatic nitrogens is 2. The van der Waals surface area contributed by atoms with Gasteiger partial charge in [0.1, 0.15) is 11.6 Å². The fourth-order valence-electron chi connectivity index (χ4n) is 3.68. The molecule has 1 atom stereocenters. The van der Waals surface area contributed by atoms with E-state index in [9.17, 15) is 9.59 Å². The van der Waals surface area contributed by atoms with Crippen molar-refractivity contribution in [1.29, 1.82) is 0 Å². The number of piperidine rings is 1. The van der Waals surface area contributed by atoms with Gasteiger partial charge in [0.25, 0.3) is 5.91 Å². The third-order valence-corrected chi connectivity index (χ3v) is 6.63. The van der Waals surface area contributed by atoms with Gasteiger partial charge in [-0.2, -0.15) is 0 Å². The van der Waals surface area contributed by atoms with Crippen molar-refractivity contribution < 1.29 is 18.7 Å². The van der Waals surface area contributed by atoms with E-state index in [4.69, 9.17) is 9.15 Å². The fourth-order valence-corrected chi connectivity index (χ4v) is 4.45. The minimum Gasteiger partial charge on any atom is -0.444 e. The fraction of sp³-hybridized carbons (Fsp3) is 0.652. The SMILES string of the molecule is CCN(C)c1nnc(C(CC2CCN(C(=O)OC(C)(C)C)CC2)NC(=O)c2ccc(C)s2)o1. The average Bonchev–Trinajstić information content (AvgIpc) is 3.41. The van der Waals surface area contributed by atoms with Gasteiger partial charge in [-0.15, -0.1) is 16.4 Å². The molecule has 0 spiro atoms. The maximum Gasteiger partial charge on any atom is 0.410 e. The largest absolute Gasteiger partial charge is 0.444 e. The highest BCUT2D eigenvalue weighted by molar-refractivity contribution is 7.13. The Labute approximate surface area is 199 Å². The lowest BCUT2D eigenvalue weighted by molar-refractivity contribution is 0.0177. The molecule has 1 fully saturated rings. The van der Waals surface area contributed by atoms with Crippen LogP contribution in [-0.4, -0.2) is 59.4 Å². The molecule has 1 N–H and O–H groups in total. The Bertz CT molecular complexity index is 943. The number of carbonyl (C=O) groups is 2. The van der Waals surface area contributed by atoms with Crippen molar-refractivity contribution in [1.82, 2.24) is 20.4 Å². The quantitative estimate of drug-likeness (QED) is 0.630. The number of rotatable bonds is 7. The van der Waals surface area contributed by atoms with E-state index >= 15 is 0 Å². The highest BCUT2D eigenvalue weighted by Crippen LogP contribution is 2.30. The number of aryl methyl sites for hydroxylation is 1. The summed E-state index contributed by atoms with van der Waals surface area (Å²) in [4.78, 5) is 30.6. The second-order valence-electron chi connectivity index (χ2n) is 9.52. The first kappa shape index (κ1) is 25.0. The molecule has 1 aliphatic heterocycles. The molecule has 0 radical (unpaired) electrons. The first-order valence-electron chi connectivity index (χ1n) is 11.5. The van der Waals surface area contributed by atoms with E-state index in [2.05, 4.69) is 15.5 Å². The number of nitrogens with zero attached hydrogens (tertiary/aromatic N) is 4. The van der Waals surface area contributed by atoms with E-state index in [-0.39, 0.29) is 12.0 Å². The predicted octanol–water partition coefficient (Wildman–Crippen LogP) is 4.40. The third-order valence-electron chi connectivity index (χ3n) is 5.63. The molecule has 1 saturated heterocycles. The van der Waals surface area contributed by atoms with Gasteiger partial charge in [0.2, 0.25) is 5.89 Å². The van der Waals surface area contributed by atoms with Crippen LogP contribution in [0.3, 0.4) is 0 Å². The summed E-state index contributed by atoms with van der Waals surface area (Å²) in [5.41, 5.74) is -0.509. The second-order valence-corrected chi connectivity index (χ2v) is 10.8. The summed E-state index contributed by atoms with van der Waals surface area (Å²) in [6, 6.07) is 3.79. The Morgan fingerprint density at radius 1 is 1.30 bits per heavy atom. The molecule has 3 rings (SSSR count). The zero-order valence-corrected chi connectivity index (χ0v) is 21.2. The van der Waals surface area contributed by atoms with Crippen LogP contribution < -0.4 is 10.2 Å². The van der Waals surface area contributed by atoms with E-state index in [1.54, 1.807) is 4.90 Å². The monoisotopic (exact) mass is 477 g/mol. The average molecular weight is 478 g/mol. The second kappa shape index (κ2) is 10.5. The zero-order valence-electron chi connectivity index (χ0n) is 20.4.